The zero-order valence-electron chi connectivity index (χ0n) is 11.7. The van der Waals surface area contributed by atoms with Crippen LogP contribution in [0, 0.1) is 16.7 Å². The van der Waals surface area contributed by atoms with Gasteiger partial charge in [0.05, 0.1) is 5.71 Å². The van der Waals surface area contributed by atoms with Gasteiger partial charge in [0.15, 0.2) is 0 Å². The summed E-state index contributed by atoms with van der Waals surface area (Å²) in [6, 6.07) is -0.602. The van der Waals surface area contributed by atoms with E-state index in [1.807, 2.05) is 0 Å². The molecule has 0 aromatic rings. The molecular weight excluding hydrogens is 226 g/mol. The van der Waals surface area contributed by atoms with E-state index < -0.39 is 6.03 Å². The normalized spacial score (nSPS) is 33.4. The number of carbonyl (C=O) groups excluding carboxylic acids is 1. The van der Waals surface area contributed by atoms with Crippen LogP contribution in [0.2, 0.25) is 0 Å². The van der Waals surface area contributed by atoms with Crippen molar-refractivity contribution in [2.24, 2.45) is 27.6 Å². The Bertz CT molecular complexity index is 436. The van der Waals surface area contributed by atoms with Crippen molar-refractivity contribution >= 4 is 11.7 Å². The highest BCUT2D eigenvalue weighted by atomic mass is 16.2. The fourth-order valence-electron chi connectivity index (χ4n) is 3.53. The second-order valence-electron chi connectivity index (χ2n) is 6.22. The van der Waals surface area contributed by atoms with Crippen LogP contribution in [-0.2, 0) is 0 Å². The second-order valence-corrected chi connectivity index (χ2v) is 6.22. The Kier molecular flexibility index (Phi) is 2.99. The van der Waals surface area contributed by atoms with Crippen LogP contribution in [0.4, 0.5) is 4.79 Å². The number of hydrogen-bond donors (Lipinski definition) is 2. The first-order valence-corrected chi connectivity index (χ1v) is 6.67. The number of amides is 2. The molecule has 4 heteroatoms. The van der Waals surface area contributed by atoms with Gasteiger partial charge in [0, 0.05) is 0 Å². The largest absolute Gasteiger partial charge is 0.350 e. The van der Waals surface area contributed by atoms with Gasteiger partial charge in [-0.3, -0.25) is 0 Å². The van der Waals surface area contributed by atoms with Gasteiger partial charge >= 0.3 is 6.03 Å². The first-order valence-electron chi connectivity index (χ1n) is 6.67. The van der Waals surface area contributed by atoms with Crippen LogP contribution in [0.5, 0.6) is 0 Å². The minimum atomic E-state index is -0.602. The number of allylic oxidation sites excluding steroid dienone is 2. The maximum atomic E-state index is 10.8. The molecule has 2 atom stereocenters. The quantitative estimate of drug-likeness (QED) is 0.586. The second kappa shape index (κ2) is 4.11. The number of hydrazone groups is 1. The molecular formula is C14H23N3O. The highest BCUT2D eigenvalue weighted by Crippen LogP contribution is 2.64. The summed E-state index contributed by atoms with van der Waals surface area (Å²) in [5.74, 6) is 0.552. The van der Waals surface area contributed by atoms with Gasteiger partial charge in [-0.05, 0) is 41.6 Å². The molecule has 0 unspecified atom stereocenters. The average Bonchev–Trinajstić information content (AvgIpc) is 2.61. The summed E-state index contributed by atoms with van der Waals surface area (Å²) in [5.41, 5.74) is 10.3. The molecule has 18 heavy (non-hydrogen) atoms. The van der Waals surface area contributed by atoms with Gasteiger partial charge in [0.2, 0.25) is 0 Å². The van der Waals surface area contributed by atoms with Gasteiger partial charge in [0.25, 0.3) is 0 Å². The molecule has 0 aliphatic heterocycles. The number of primary amides is 1. The predicted octanol–water partition coefficient (Wildman–Crippen LogP) is 2.80. The number of urea groups is 1. The van der Waals surface area contributed by atoms with E-state index in [1.54, 1.807) is 0 Å². The van der Waals surface area contributed by atoms with E-state index in [-0.39, 0.29) is 10.8 Å². The third-order valence-corrected chi connectivity index (χ3v) is 5.11. The van der Waals surface area contributed by atoms with E-state index in [9.17, 15) is 4.79 Å². The molecule has 0 spiro atoms. The van der Waals surface area contributed by atoms with E-state index in [2.05, 4.69) is 44.3 Å². The lowest BCUT2D eigenvalue weighted by atomic mass is 9.70. The van der Waals surface area contributed by atoms with Crippen LogP contribution < -0.4 is 11.2 Å². The molecule has 0 heterocycles. The lowest BCUT2D eigenvalue weighted by Crippen LogP contribution is -2.29. The summed E-state index contributed by atoms with van der Waals surface area (Å²) in [6.45, 7) is 9.06. The molecule has 2 aliphatic carbocycles. The number of carbonyl (C=O) groups is 1. The van der Waals surface area contributed by atoms with Crippen LogP contribution in [0.1, 0.15) is 47.0 Å². The van der Waals surface area contributed by atoms with Crippen LogP contribution in [-0.4, -0.2) is 11.7 Å². The molecule has 1 fully saturated rings. The molecule has 0 radical (unpaired) electrons. The minimum absolute atomic E-state index is 0.260. The number of nitrogens with zero attached hydrogens (tertiary/aromatic N) is 1. The maximum absolute atomic E-state index is 10.8. The fourth-order valence-corrected chi connectivity index (χ4v) is 3.53. The summed E-state index contributed by atoms with van der Waals surface area (Å²) in [4.78, 5) is 10.8. The number of hydrogen-bond acceptors (Lipinski definition) is 2. The van der Waals surface area contributed by atoms with Crippen molar-refractivity contribution in [3.8, 4) is 0 Å². The molecule has 4 nitrogen and oxygen atoms in total. The predicted molar refractivity (Wildman–Crippen MR) is 73.1 cm³/mol. The molecule has 0 saturated heterocycles. The zero-order chi connectivity index (χ0) is 13.6. The van der Waals surface area contributed by atoms with Crippen molar-refractivity contribution in [3.63, 3.8) is 0 Å². The van der Waals surface area contributed by atoms with Crippen molar-refractivity contribution in [3.05, 3.63) is 11.6 Å². The van der Waals surface area contributed by atoms with Crippen LogP contribution in [0.3, 0.4) is 0 Å². The van der Waals surface area contributed by atoms with Gasteiger partial charge in [-0.2, -0.15) is 5.10 Å². The third-order valence-electron chi connectivity index (χ3n) is 5.11. The Morgan fingerprint density at radius 3 is 2.61 bits per heavy atom. The fraction of sp³-hybridized carbons (Fsp3) is 0.714. The lowest BCUT2D eigenvalue weighted by molar-refractivity contribution is 0.180. The Hall–Kier alpha value is -1.32. The first kappa shape index (κ1) is 13.1. The molecule has 100 valence electrons. The van der Waals surface area contributed by atoms with Gasteiger partial charge in [-0.25, -0.2) is 10.2 Å². The molecule has 3 N–H and O–H groups in total. The summed E-state index contributed by atoms with van der Waals surface area (Å²) in [6.07, 6.45) is 5.64. The molecule has 0 aromatic carbocycles. The van der Waals surface area contributed by atoms with E-state index in [1.165, 1.54) is 18.4 Å². The molecule has 2 bridgehead atoms. The lowest BCUT2D eigenvalue weighted by Gasteiger charge is -2.34. The maximum Gasteiger partial charge on any atom is 0.332 e. The van der Waals surface area contributed by atoms with E-state index in [4.69, 9.17) is 5.73 Å². The van der Waals surface area contributed by atoms with Crippen molar-refractivity contribution in [2.75, 3.05) is 0 Å². The topological polar surface area (TPSA) is 67.5 Å². The number of nitrogens with one attached hydrogen (secondary N) is 1. The van der Waals surface area contributed by atoms with Crippen molar-refractivity contribution in [1.29, 1.82) is 0 Å². The van der Waals surface area contributed by atoms with Gasteiger partial charge in [-0.1, -0.05) is 33.8 Å². The monoisotopic (exact) mass is 249 g/mol. The minimum Gasteiger partial charge on any atom is -0.350 e. The highest BCUT2D eigenvalue weighted by molar-refractivity contribution is 6.01. The standard InChI is InChI=1S/C14H23N3O/c1-5-11(16-17-12(15)18)9-8-14(4)7-6-10(9)13(14,2)3/h8,10H,5-7H2,1-4H3,(H3,15,17,18)/b16-11+/t10-,14-/m0/s1. The molecule has 2 aliphatic rings. The van der Waals surface area contributed by atoms with Crippen LogP contribution >= 0.6 is 0 Å². The van der Waals surface area contributed by atoms with Gasteiger partial charge in [0.1, 0.15) is 0 Å². The van der Waals surface area contributed by atoms with Crippen molar-refractivity contribution < 1.29 is 4.79 Å². The Balaban J connectivity index is 2.30. The van der Waals surface area contributed by atoms with Crippen molar-refractivity contribution in [2.45, 2.75) is 47.0 Å². The van der Waals surface area contributed by atoms with E-state index in [0.717, 1.165) is 12.1 Å². The average molecular weight is 249 g/mol. The van der Waals surface area contributed by atoms with Gasteiger partial charge < -0.3 is 5.73 Å². The summed E-state index contributed by atoms with van der Waals surface area (Å²) in [7, 11) is 0. The van der Waals surface area contributed by atoms with E-state index in [0.29, 0.717) is 5.92 Å². The van der Waals surface area contributed by atoms with Gasteiger partial charge in [-0.15, -0.1) is 0 Å². The zero-order valence-corrected chi connectivity index (χ0v) is 11.7. The highest BCUT2D eigenvalue weighted by Gasteiger charge is 2.56. The summed E-state index contributed by atoms with van der Waals surface area (Å²) in [5, 5.41) is 4.16. The number of rotatable bonds is 3. The number of fused-ring (bicyclic) bond motifs is 2. The summed E-state index contributed by atoms with van der Waals surface area (Å²) < 4.78 is 0. The summed E-state index contributed by atoms with van der Waals surface area (Å²) >= 11 is 0. The third kappa shape index (κ3) is 1.74. The van der Waals surface area contributed by atoms with Crippen LogP contribution in [0.15, 0.2) is 16.8 Å². The molecule has 2 rings (SSSR count). The van der Waals surface area contributed by atoms with Crippen LogP contribution in [0.25, 0.3) is 0 Å². The molecule has 2 amide bonds. The van der Waals surface area contributed by atoms with Crippen molar-refractivity contribution in [1.82, 2.24) is 5.43 Å². The van der Waals surface area contributed by atoms with E-state index >= 15 is 0 Å². The number of nitrogens with two attached hydrogens (primary N) is 1. The Morgan fingerprint density at radius 2 is 2.22 bits per heavy atom. The Labute approximate surface area is 109 Å². The SMILES string of the molecule is CC/C(=N\NC(N)=O)C1=C[C@]2(C)CC[C@@H]1C2(C)C. The molecule has 1 saturated carbocycles. The molecule has 0 aromatic heterocycles. The smallest absolute Gasteiger partial charge is 0.332 e. The Morgan fingerprint density at radius 1 is 1.56 bits per heavy atom. The first-order chi connectivity index (χ1) is 8.32.